The molecule has 2 aromatic rings. The molecular weight excluding hydrogens is 321 g/mol. The fourth-order valence-electron chi connectivity index (χ4n) is 2.18. The second kappa shape index (κ2) is 7.68. The van der Waals surface area contributed by atoms with Gasteiger partial charge in [-0.25, -0.2) is 0 Å². The van der Waals surface area contributed by atoms with Crippen LogP contribution in [-0.4, -0.2) is 16.7 Å². The van der Waals surface area contributed by atoms with Crippen molar-refractivity contribution < 1.29 is 23.0 Å². The predicted molar refractivity (Wildman–Crippen MR) is 80.5 cm³/mol. The topological polar surface area (TPSA) is 66.1 Å². The minimum absolute atomic E-state index is 0.0837. The summed E-state index contributed by atoms with van der Waals surface area (Å²) in [5.41, 5.74) is -0.535. The lowest BCUT2D eigenvalue weighted by Gasteiger charge is -2.12. The van der Waals surface area contributed by atoms with E-state index in [9.17, 15) is 18.3 Å². The number of rotatable bonds is 6. The van der Waals surface area contributed by atoms with Crippen LogP contribution in [0, 0.1) is 11.3 Å². The van der Waals surface area contributed by atoms with Crippen LogP contribution >= 0.6 is 0 Å². The summed E-state index contributed by atoms with van der Waals surface area (Å²) in [7, 11) is 0. The van der Waals surface area contributed by atoms with Crippen LogP contribution in [0.25, 0.3) is 0 Å². The zero-order chi connectivity index (χ0) is 17.6. The largest absolute Gasteiger partial charge is 0.506 e. The first-order valence-electron chi connectivity index (χ1n) is 7.27. The molecule has 126 valence electrons. The van der Waals surface area contributed by atoms with Gasteiger partial charge in [0.2, 0.25) is 0 Å². The minimum Gasteiger partial charge on any atom is -0.506 e. The molecule has 0 bridgehead atoms. The summed E-state index contributed by atoms with van der Waals surface area (Å²) in [6.07, 6.45) is 0.468. The Kier molecular flexibility index (Phi) is 5.64. The predicted octanol–water partition coefficient (Wildman–Crippen LogP) is 4.08. The number of hydrogen-bond donors (Lipinski definition) is 1. The van der Waals surface area contributed by atoms with E-state index in [0.29, 0.717) is 12.8 Å². The van der Waals surface area contributed by atoms with E-state index in [1.807, 2.05) is 0 Å². The van der Waals surface area contributed by atoms with E-state index in [4.69, 9.17) is 10.00 Å². The molecule has 4 nitrogen and oxygen atoms in total. The Balaban J connectivity index is 1.85. The van der Waals surface area contributed by atoms with Gasteiger partial charge in [0.1, 0.15) is 11.5 Å². The van der Waals surface area contributed by atoms with Gasteiger partial charge in [-0.15, -0.1) is 0 Å². The highest BCUT2D eigenvalue weighted by Crippen LogP contribution is 2.34. The Morgan fingerprint density at radius 2 is 1.96 bits per heavy atom. The average molecular weight is 336 g/mol. The Labute approximate surface area is 137 Å². The molecule has 1 aromatic carbocycles. The maximum atomic E-state index is 12.8. The third kappa shape index (κ3) is 4.88. The first-order chi connectivity index (χ1) is 11.4. The molecule has 1 aromatic heterocycles. The van der Waals surface area contributed by atoms with E-state index in [1.165, 1.54) is 18.3 Å². The van der Waals surface area contributed by atoms with Crippen molar-refractivity contribution in [2.45, 2.75) is 25.4 Å². The number of unbranched alkanes of at least 4 members (excludes halogenated alkanes) is 1. The van der Waals surface area contributed by atoms with Crippen molar-refractivity contribution >= 4 is 0 Å². The van der Waals surface area contributed by atoms with Crippen molar-refractivity contribution in [2.75, 3.05) is 6.61 Å². The van der Waals surface area contributed by atoms with Crippen LogP contribution in [0.4, 0.5) is 13.2 Å². The van der Waals surface area contributed by atoms with Gasteiger partial charge in [-0.1, -0.05) is 0 Å². The molecular formula is C17H15F3N2O2. The van der Waals surface area contributed by atoms with E-state index in [-0.39, 0.29) is 18.1 Å². The molecule has 0 saturated carbocycles. The van der Waals surface area contributed by atoms with E-state index in [0.717, 1.165) is 24.1 Å². The molecule has 0 amide bonds. The molecule has 0 atom stereocenters. The van der Waals surface area contributed by atoms with Crippen LogP contribution in [0.1, 0.15) is 29.5 Å². The number of benzene rings is 1. The number of aryl methyl sites for hydroxylation is 1. The Bertz CT molecular complexity index is 739. The number of ether oxygens (including phenoxy) is 1. The fraction of sp³-hybridized carbons (Fsp3) is 0.294. The smallest absolute Gasteiger partial charge is 0.417 e. The average Bonchev–Trinajstić information content (AvgIpc) is 2.53. The monoisotopic (exact) mass is 336 g/mol. The zero-order valence-electron chi connectivity index (χ0n) is 12.7. The zero-order valence-corrected chi connectivity index (χ0v) is 12.7. The number of aromatic hydroxyl groups is 1. The number of nitrogens with zero attached hydrogens (tertiary/aromatic N) is 2. The molecule has 0 radical (unpaired) electrons. The molecule has 1 heterocycles. The highest BCUT2D eigenvalue weighted by molar-refractivity contribution is 5.44. The molecule has 24 heavy (non-hydrogen) atoms. The SMILES string of the molecule is N#Cc1ccc(OCCCCc2cncc(O)c2)cc1C(F)(F)F. The highest BCUT2D eigenvalue weighted by atomic mass is 19.4. The van der Waals surface area contributed by atoms with Gasteiger partial charge in [0.05, 0.1) is 30.0 Å². The van der Waals surface area contributed by atoms with E-state index < -0.39 is 17.3 Å². The maximum Gasteiger partial charge on any atom is 0.417 e. The Morgan fingerprint density at radius 3 is 2.62 bits per heavy atom. The Morgan fingerprint density at radius 1 is 1.17 bits per heavy atom. The van der Waals surface area contributed by atoms with Crippen LogP contribution < -0.4 is 4.74 Å². The molecule has 0 saturated heterocycles. The molecule has 0 fully saturated rings. The van der Waals surface area contributed by atoms with Gasteiger partial charge in [0.15, 0.2) is 0 Å². The first-order valence-corrected chi connectivity index (χ1v) is 7.27. The van der Waals surface area contributed by atoms with Gasteiger partial charge in [-0.2, -0.15) is 18.4 Å². The van der Waals surface area contributed by atoms with Crippen LogP contribution in [-0.2, 0) is 12.6 Å². The summed E-state index contributed by atoms with van der Waals surface area (Å²) in [6, 6.07) is 6.45. The number of aromatic nitrogens is 1. The molecule has 2 rings (SSSR count). The number of halogens is 3. The number of pyridine rings is 1. The van der Waals surface area contributed by atoms with Crippen LogP contribution in [0.2, 0.25) is 0 Å². The van der Waals surface area contributed by atoms with Crippen LogP contribution in [0.5, 0.6) is 11.5 Å². The van der Waals surface area contributed by atoms with Crippen molar-refractivity contribution in [1.82, 2.24) is 4.98 Å². The number of nitriles is 1. The molecule has 0 aliphatic heterocycles. The van der Waals surface area contributed by atoms with Crippen LogP contribution in [0.3, 0.4) is 0 Å². The molecule has 7 heteroatoms. The van der Waals surface area contributed by atoms with Crippen molar-refractivity contribution in [3.63, 3.8) is 0 Å². The van der Waals surface area contributed by atoms with Crippen molar-refractivity contribution in [2.24, 2.45) is 0 Å². The summed E-state index contributed by atoms with van der Waals surface area (Å²) < 4.78 is 43.9. The number of hydrogen-bond acceptors (Lipinski definition) is 4. The van der Waals surface area contributed by atoms with E-state index in [2.05, 4.69) is 4.98 Å². The number of alkyl halides is 3. The summed E-state index contributed by atoms with van der Waals surface area (Å²) in [4.78, 5) is 3.87. The normalized spacial score (nSPS) is 11.1. The molecule has 0 spiro atoms. The summed E-state index contributed by atoms with van der Waals surface area (Å²) in [5, 5.41) is 18.0. The van der Waals surface area contributed by atoms with Gasteiger partial charge in [-0.3, -0.25) is 4.98 Å². The molecule has 0 aliphatic carbocycles. The summed E-state index contributed by atoms with van der Waals surface area (Å²) in [5.74, 6) is 0.182. The lowest BCUT2D eigenvalue weighted by molar-refractivity contribution is -0.137. The van der Waals surface area contributed by atoms with Crippen molar-refractivity contribution in [3.05, 3.63) is 53.3 Å². The molecule has 0 unspecified atom stereocenters. The van der Waals surface area contributed by atoms with Gasteiger partial charge in [0.25, 0.3) is 0 Å². The second-order valence-corrected chi connectivity index (χ2v) is 5.17. The lowest BCUT2D eigenvalue weighted by Crippen LogP contribution is -2.08. The first kappa shape index (κ1) is 17.6. The van der Waals surface area contributed by atoms with Gasteiger partial charge in [0, 0.05) is 6.20 Å². The van der Waals surface area contributed by atoms with Crippen molar-refractivity contribution in [1.29, 1.82) is 5.26 Å². The van der Waals surface area contributed by atoms with Gasteiger partial charge >= 0.3 is 6.18 Å². The quantitative estimate of drug-likeness (QED) is 0.807. The maximum absolute atomic E-state index is 12.8. The summed E-state index contributed by atoms with van der Waals surface area (Å²) >= 11 is 0. The van der Waals surface area contributed by atoms with E-state index in [1.54, 1.807) is 12.3 Å². The molecule has 0 aliphatic rings. The second-order valence-electron chi connectivity index (χ2n) is 5.17. The third-order valence-electron chi connectivity index (χ3n) is 3.33. The standard InChI is InChI=1S/C17H15F3N2O2/c18-17(19,20)16-8-15(5-4-13(16)9-21)24-6-2-1-3-12-7-14(23)11-22-10-12/h4-5,7-8,10-11,23H,1-3,6H2. The van der Waals surface area contributed by atoms with E-state index >= 15 is 0 Å². The Hall–Kier alpha value is -2.75. The minimum atomic E-state index is -4.59. The third-order valence-corrected chi connectivity index (χ3v) is 3.33. The lowest BCUT2D eigenvalue weighted by atomic mass is 10.1. The van der Waals surface area contributed by atoms with Crippen molar-refractivity contribution in [3.8, 4) is 17.6 Å². The van der Waals surface area contributed by atoms with Crippen LogP contribution in [0.15, 0.2) is 36.7 Å². The van der Waals surface area contributed by atoms with Gasteiger partial charge in [-0.05, 0) is 49.1 Å². The van der Waals surface area contributed by atoms with Gasteiger partial charge < -0.3 is 9.84 Å². The highest BCUT2D eigenvalue weighted by Gasteiger charge is 2.34. The fourth-order valence-corrected chi connectivity index (χ4v) is 2.18. The molecule has 1 N–H and O–H groups in total. The summed E-state index contributed by atoms with van der Waals surface area (Å²) in [6.45, 7) is 0.259.